The Morgan fingerprint density at radius 2 is 1.90 bits per heavy atom. The van der Waals surface area contributed by atoms with Gasteiger partial charge < -0.3 is 4.74 Å². The lowest BCUT2D eigenvalue weighted by atomic mass is 10.2. The van der Waals surface area contributed by atoms with Gasteiger partial charge in [-0.2, -0.15) is 22.0 Å². The zero-order valence-corrected chi connectivity index (χ0v) is 16.4. The Balaban J connectivity index is 1.91. The standard InChI is InChI=1S/C18H18F5N3O2S/c1-3-29-13-6-11(10-4-5-10)7-24-14(13)15-25-8-12(16(27)26(15)2)28-9-17(19,20)18(21,22)23/h6-8,10H,3-5,9H2,1-2H3. The quantitative estimate of drug-likeness (QED) is 0.477. The van der Waals surface area contributed by atoms with Crippen molar-refractivity contribution in [2.45, 2.75) is 42.7 Å². The summed E-state index contributed by atoms with van der Waals surface area (Å²) >= 11 is 1.52. The van der Waals surface area contributed by atoms with E-state index in [0.29, 0.717) is 11.6 Å². The normalized spacial score (nSPS) is 14.9. The predicted molar refractivity (Wildman–Crippen MR) is 97.6 cm³/mol. The Morgan fingerprint density at radius 1 is 1.21 bits per heavy atom. The van der Waals surface area contributed by atoms with Crippen molar-refractivity contribution in [3.63, 3.8) is 0 Å². The maximum Gasteiger partial charge on any atom is 0.456 e. The zero-order chi connectivity index (χ0) is 21.4. The number of hydrogen-bond donors (Lipinski definition) is 0. The Hall–Kier alpha value is -2.17. The van der Waals surface area contributed by atoms with Crippen LogP contribution in [0.3, 0.4) is 0 Å². The fraction of sp³-hybridized carbons (Fsp3) is 0.500. The third-order valence-corrected chi connectivity index (χ3v) is 5.31. The Bertz CT molecular complexity index is 957. The number of nitrogens with zero attached hydrogens (tertiary/aromatic N) is 3. The van der Waals surface area contributed by atoms with Crippen molar-refractivity contribution in [2.75, 3.05) is 12.4 Å². The zero-order valence-electron chi connectivity index (χ0n) is 15.6. The summed E-state index contributed by atoms with van der Waals surface area (Å²) in [6.07, 6.45) is -1.01. The Kier molecular flexibility index (Phi) is 5.88. The molecule has 5 nitrogen and oxygen atoms in total. The molecular formula is C18H18F5N3O2S. The number of hydrogen-bond acceptors (Lipinski definition) is 5. The van der Waals surface area contributed by atoms with Gasteiger partial charge in [-0.05, 0) is 36.1 Å². The van der Waals surface area contributed by atoms with Gasteiger partial charge in [-0.3, -0.25) is 14.3 Å². The van der Waals surface area contributed by atoms with Crippen molar-refractivity contribution in [3.8, 4) is 17.3 Å². The number of thioether (sulfide) groups is 1. The molecule has 1 aliphatic rings. The molecule has 1 aliphatic carbocycles. The first kappa shape index (κ1) is 21.5. The van der Waals surface area contributed by atoms with E-state index in [1.54, 1.807) is 6.20 Å². The molecule has 0 spiro atoms. The maximum atomic E-state index is 13.0. The summed E-state index contributed by atoms with van der Waals surface area (Å²) in [5, 5.41) is 0. The monoisotopic (exact) mass is 435 g/mol. The van der Waals surface area contributed by atoms with Crippen molar-refractivity contribution in [1.82, 2.24) is 14.5 Å². The first-order valence-corrected chi connectivity index (χ1v) is 9.80. The molecule has 3 rings (SSSR count). The van der Waals surface area contributed by atoms with Gasteiger partial charge in [0.1, 0.15) is 5.69 Å². The number of rotatable bonds is 7. The molecule has 2 aromatic rings. The lowest BCUT2D eigenvalue weighted by molar-refractivity contribution is -0.290. The molecule has 0 N–H and O–H groups in total. The molecule has 0 bridgehead atoms. The van der Waals surface area contributed by atoms with E-state index in [2.05, 4.69) is 14.7 Å². The summed E-state index contributed by atoms with van der Waals surface area (Å²) < 4.78 is 68.4. The highest BCUT2D eigenvalue weighted by Gasteiger charge is 2.58. The molecule has 0 unspecified atom stereocenters. The van der Waals surface area contributed by atoms with Crippen molar-refractivity contribution < 1.29 is 26.7 Å². The fourth-order valence-electron chi connectivity index (χ4n) is 2.63. The summed E-state index contributed by atoms with van der Waals surface area (Å²) in [6, 6.07) is 1.99. The third-order valence-electron chi connectivity index (χ3n) is 4.40. The van der Waals surface area contributed by atoms with Gasteiger partial charge in [-0.15, -0.1) is 11.8 Å². The van der Waals surface area contributed by atoms with Crippen LogP contribution in [0.15, 0.2) is 28.2 Å². The van der Waals surface area contributed by atoms with E-state index in [1.165, 1.54) is 18.8 Å². The molecule has 0 aliphatic heterocycles. The highest BCUT2D eigenvalue weighted by atomic mass is 32.2. The Morgan fingerprint density at radius 3 is 2.48 bits per heavy atom. The molecule has 11 heteroatoms. The van der Waals surface area contributed by atoms with E-state index in [9.17, 15) is 26.7 Å². The minimum absolute atomic E-state index is 0.170. The van der Waals surface area contributed by atoms with Gasteiger partial charge in [0.25, 0.3) is 5.56 Å². The summed E-state index contributed by atoms with van der Waals surface area (Å²) in [5.74, 6) is -4.37. The molecular weight excluding hydrogens is 417 g/mol. The van der Waals surface area contributed by atoms with Gasteiger partial charge in [-0.1, -0.05) is 6.92 Å². The second-order valence-corrected chi connectivity index (χ2v) is 7.93. The molecule has 158 valence electrons. The largest absolute Gasteiger partial charge is 0.480 e. The SMILES string of the molecule is CCSc1cc(C2CC2)cnc1-c1ncc(OCC(F)(F)C(F)(F)F)c(=O)n1C. The lowest BCUT2D eigenvalue weighted by Crippen LogP contribution is -2.42. The predicted octanol–water partition coefficient (Wildman–Crippen LogP) is 4.41. The van der Waals surface area contributed by atoms with Crippen LogP contribution in [0.25, 0.3) is 11.5 Å². The molecule has 0 atom stereocenters. The molecule has 0 radical (unpaired) electrons. The fourth-order valence-corrected chi connectivity index (χ4v) is 3.44. The van der Waals surface area contributed by atoms with Gasteiger partial charge in [0.05, 0.1) is 6.20 Å². The van der Waals surface area contributed by atoms with Gasteiger partial charge in [0.15, 0.2) is 12.4 Å². The van der Waals surface area contributed by atoms with Gasteiger partial charge >= 0.3 is 12.1 Å². The average Bonchev–Trinajstić information content (AvgIpc) is 3.48. The van der Waals surface area contributed by atoms with E-state index in [-0.39, 0.29) is 5.82 Å². The highest BCUT2D eigenvalue weighted by molar-refractivity contribution is 7.99. The average molecular weight is 435 g/mol. The van der Waals surface area contributed by atoms with Crippen molar-refractivity contribution in [3.05, 3.63) is 34.4 Å². The molecule has 0 aromatic carbocycles. The smallest absolute Gasteiger partial charge is 0.456 e. The minimum Gasteiger partial charge on any atom is -0.480 e. The molecule has 1 fully saturated rings. The Labute approximate surface area is 167 Å². The summed E-state index contributed by atoms with van der Waals surface area (Å²) in [6.45, 7) is -0.0412. The molecule has 2 aromatic heterocycles. The number of pyridine rings is 1. The van der Waals surface area contributed by atoms with Crippen LogP contribution in [0.5, 0.6) is 5.75 Å². The number of aromatic nitrogens is 3. The third kappa shape index (κ3) is 4.54. The minimum atomic E-state index is -5.77. The van der Waals surface area contributed by atoms with Crippen LogP contribution >= 0.6 is 11.8 Å². The molecule has 29 heavy (non-hydrogen) atoms. The van der Waals surface area contributed by atoms with E-state index < -0.39 is 30.0 Å². The molecule has 2 heterocycles. The topological polar surface area (TPSA) is 57.0 Å². The second-order valence-electron chi connectivity index (χ2n) is 6.62. The van der Waals surface area contributed by atoms with Crippen LogP contribution in [0.1, 0.15) is 31.2 Å². The number of ether oxygens (including phenoxy) is 1. The van der Waals surface area contributed by atoms with Crippen LogP contribution in [-0.4, -0.2) is 39.0 Å². The van der Waals surface area contributed by atoms with Crippen LogP contribution in [0.4, 0.5) is 22.0 Å². The van der Waals surface area contributed by atoms with Gasteiger partial charge in [0, 0.05) is 18.1 Å². The van der Waals surface area contributed by atoms with Crippen molar-refractivity contribution >= 4 is 11.8 Å². The van der Waals surface area contributed by atoms with E-state index in [1.807, 2.05) is 13.0 Å². The maximum absolute atomic E-state index is 13.0. The van der Waals surface area contributed by atoms with E-state index in [0.717, 1.165) is 39.8 Å². The van der Waals surface area contributed by atoms with Crippen molar-refractivity contribution in [1.29, 1.82) is 0 Å². The summed E-state index contributed by atoms with van der Waals surface area (Å²) in [5.41, 5.74) is 0.658. The summed E-state index contributed by atoms with van der Waals surface area (Å²) in [4.78, 5) is 21.7. The second kappa shape index (κ2) is 7.92. The van der Waals surface area contributed by atoms with Crippen LogP contribution < -0.4 is 10.3 Å². The summed E-state index contributed by atoms with van der Waals surface area (Å²) in [7, 11) is 1.33. The number of alkyl halides is 5. The van der Waals surface area contributed by atoms with E-state index in [4.69, 9.17) is 0 Å². The molecule has 0 amide bonds. The molecule has 1 saturated carbocycles. The lowest BCUT2D eigenvalue weighted by Gasteiger charge is -2.19. The van der Waals surface area contributed by atoms with Crippen LogP contribution in [0, 0.1) is 0 Å². The first-order valence-electron chi connectivity index (χ1n) is 8.81. The number of halogens is 5. The van der Waals surface area contributed by atoms with Crippen molar-refractivity contribution in [2.24, 2.45) is 7.05 Å². The van der Waals surface area contributed by atoms with E-state index >= 15 is 0 Å². The van der Waals surface area contributed by atoms with Crippen LogP contribution in [0.2, 0.25) is 0 Å². The first-order chi connectivity index (χ1) is 13.5. The van der Waals surface area contributed by atoms with Gasteiger partial charge in [0.2, 0.25) is 5.75 Å². The van der Waals surface area contributed by atoms with Crippen LogP contribution in [-0.2, 0) is 7.05 Å². The highest BCUT2D eigenvalue weighted by Crippen LogP contribution is 2.42. The molecule has 0 saturated heterocycles. The van der Waals surface area contributed by atoms with Gasteiger partial charge in [-0.25, -0.2) is 4.98 Å².